The van der Waals surface area contributed by atoms with Gasteiger partial charge in [-0.3, -0.25) is 4.90 Å². The van der Waals surface area contributed by atoms with Crippen molar-refractivity contribution in [2.45, 2.75) is 32.0 Å². The third-order valence-electron chi connectivity index (χ3n) is 4.34. The fourth-order valence-electron chi connectivity index (χ4n) is 3.26. The summed E-state index contributed by atoms with van der Waals surface area (Å²) in [4.78, 5) is 2.45. The molecular weight excluding hydrogens is 310 g/mol. The van der Waals surface area contributed by atoms with E-state index in [0.717, 1.165) is 44.2 Å². The minimum Gasteiger partial charge on any atom is -0.454 e. The topological polar surface area (TPSA) is 30.9 Å². The number of benzene rings is 1. The van der Waals surface area contributed by atoms with Crippen LogP contribution in [0.5, 0.6) is 11.5 Å². The maximum absolute atomic E-state index is 5.84. The van der Waals surface area contributed by atoms with Gasteiger partial charge in [-0.1, -0.05) is 12.1 Å². The highest BCUT2D eigenvalue weighted by molar-refractivity contribution is 7.07. The molecule has 0 saturated carbocycles. The van der Waals surface area contributed by atoms with Gasteiger partial charge in [-0.25, -0.2) is 0 Å². The zero-order valence-corrected chi connectivity index (χ0v) is 13.9. The lowest BCUT2D eigenvalue weighted by atomic mass is 10.1. The lowest BCUT2D eigenvalue weighted by Gasteiger charge is -2.25. The quantitative estimate of drug-likeness (QED) is 0.808. The fraction of sp³-hybridized carbons (Fsp3) is 0.444. The summed E-state index contributed by atoms with van der Waals surface area (Å²) >= 11 is 1.75. The fourth-order valence-corrected chi connectivity index (χ4v) is 3.92. The van der Waals surface area contributed by atoms with E-state index < -0.39 is 0 Å². The highest BCUT2D eigenvalue weighted by Gasteiger charge is 2.23. The maximum Gasteiger partial charge on any atom is 0.231 e. The van der Waals surface area contributed by atoms with Crippen LogP contribution in [-0.4, -0.2) is 30.9 Å². The van der Waals surface area contributed by atoms with E-state index in [2.05, 4.69) is 27.8 Å². The van der Waals surface area contributed by atoms with Crippen molar-refractivity contribution in [3.63, 3.8) is 0 Å². The molecule has 0 radical (unpaired) electrons. The van der Waals surface area contributed by atoms with Gasteiger partial charge in [-0.05, 0) is 41.3 Å². The molecule has 2 aliphatic heterocycles. The normalized spacial score (nSPS) is 19.6. The van der Waals surface area contributed by atoms with Crippen molar-refractivity contribution in [1.82, 2.24) is 4.90 Å². The molecular formula is C18H21NO3S. The summed E-state index contributed by atoms with van der Waals surface area (Å²) in [6.45, 7) is 3.97. The molecule has 5 heteroatoms. The summed E-state index contributed by atoms with van der Waals surface area (Å²) in [7, 11) is 0. The second-order valence-corrected chi connectivity index (χ2v) is 6.87. The van der Waals surface area contributed by atoms with Crippen molar-refractivity contribution in [2.24, 2.45) is 0 Å². The van der Waals surface area contributed by atoms with Crippen molar-refractivity contribution < 1.29 is 14.2 Å². The molecule has 0 aliphatic carbocycles. The monoisotopic (exact) mass is 331 g/mol. The summed E-state index contributed by atoms with van der Waals surface area (Å²) in [5.74, 6) is 1.75. The van der Waals surface area contributed by atoms with Crippen LogP contribution in [0.4, 0.5) is 0 Å². The van der Waals surface area contributed by atoms with Crippen LogP contribution >= 0.6 is 11.3 Å². The molecule has 1 fully saturated rings. The molecule has 0 bridgehead atoms. The van der Waals surface area contributed by atoms with Crippen LogP contribution in [-0.2, 0) is 17.8 Å². The van der Waals surface area contributed by atoms with E-state index in [1.54, 1.807) is 11.3 Å². The molecule has 0 amide bonds. The lowest BCUT2D eigenvalue weighted by molar-refractivity contribution is 0.0675. The molecule has 1 unspecified atom stereocenters. The third-order valence-corrected chi connectivity index (χ3v) is 5.08. The van der Waals surface area contributed by atoms with Gasteiger partial charge in [0.25, 0.3) is 0 Å². The van der Waals surface area contributed by atoms with E-state index in [1.165, 1.54) is 17.5 Å². The van der Waals surface area contributed by atoms with Gasteiger partial charge >= 0.3 is 0 Å². The van der Waals surface area contributed by atoms with Crippen molar-refractivity contribution in [3.05, 3.63) is 46.2 Å². The molecule has 0 N–H and O–H groups in total. The Morgan fingerprint density at radius 1 is 1.17 bits per heavy atom. The molecule has 0 spiro atoms. The number of hydrogen-bond acceptors (Lipinski definition) is 5. The Hall–Kier alpha value is -1.56. The first-order chi connectivity index (χ1) is 11.4. The first kappa shape index (κ1) is 15.0. The zero-order chi connectivity index (χ0) is 15.5. The summed E-state index contributed by atoms with van der Waals surface area (Å²) in [5, 5.41) is 4.36. The Bertz CT molecular complexity index is 638. The van der Waals surface area contributed by atoms with E-state index in [1.807, 2.05) is 12.1 Å². The molecule has 2 aromatic rings. The van der Waals surface area contributed by atoms with Crippen LogP contribution in [0.15, 0.2) is 35.0 Å². The highest BCUT2D eigenvalue weighted by Crippen LogP contribution is 2.36. The number of rotatable bonds is 6. The first-order valence-electron chi connectivity index (χ1n) is 8.11. The summed E-state index contributed by atoms with van der Waals surface area (Å²) in [6.07, 6.45) is 2.68. The maximum atomic E-state index is 5.84. The third kappa shape index (κ3) is 3.52. The van der Waals surface area contributed by atoms with E-state index in [-0.39, 0.29) is 0 Å². The Labute approximate surface area is 140 Å². The predicted molar refractivity (Wildman–Crippen MR) is 90.0 cm³/mol. The molecule has 23 heavy (non-hydrogen) atoms. The number of ether oxygens (including phenoxy) is 3. The lowest BCUT2D eigenvalue weighted by Crippen LogP contribution is -2.31. The van der Waals surface area contributed by atoms with Gasteiger partial charge in [0.05, 0.1) is 6.10 Å². The van der Waals surface area contributed by atoms with Gasteiger partial charge in [0.15, 0.2) is 11.5 Å². The smallest absolute Gasteiger partial charge is 0.231 e. The summed E-state index contributed by atoms with van der Waals surface area (Å²) in [5.41, 5.74) is 2.55. The van der Waals surface area contributed by atoms with Gasteiger partial charge in [0, 0.05) is 31.8 Å². The molecule has 1 aromatic heterocycles. The Balaban J connectivity index is 1.51. The molecule has 3 heterocycles. The van der Waals surface area contributed by atoms with Gasteiger partial charge in [-0.15, -0.1) is 0 Å². The van der Waals surface area contributed by atoms with Gasteiger partial charge in [0.2, 0.25) is 6.79 Å². The van der Waals surface area contributed by atoms with Gasteiger partial charge < -0.3 is 14.2 Å². The summed E-state index contributed by atoms with van der Waals surface area (Å²) in [6, 6.07) is 8.33. The standard InChI is InChI=1S/C18H21NO3S/c1-3-15(18-17(5-1)21-13-22-18)10-19(9-14-6-8-23-12-14)11-16-4-2-7-20-16/h1,3,5-6,8,12,16H,2,4,7,9-11,13H2. The van der Waals surface area contributed by atoms with Crippen LogP contribution in [0.25, 0.3) is 0 Å². The average molecular weight is 331 g/mol. The number of nitrogens with zero attached hydrogens (tertiary/aromatic N) is 1. The van der Waals surface area contributed by atoms with Crippen molar-refractivity contribution in [2.75, 3.05) is 19.9 Å². The van der Waals surface area contributed by atoms with E-state index >= 15 is 0 Å². The molecule has 4 rings (SSSR count). The predicted octanol–water partition coefficient (Wildman–Crippen LogP) is 3.66. The van der Waals surface area contributed by atoms with Crippen molar-refractivity contribution in [1.29, 1.82) is 0 Å². The number of fused-ring (bicyclic) bond motifs is 1. The van der Waals surface area contributed by atoms with Crippen molar-refractivity contribution >= 4 is 11.3 Å². The summed E-state index contributed by atoms with van der Waals surface area (Å²) < 4.78 is 17.0. The van der Waals surface area contributed by atoms with Crippen LogP contribution in [0.3, 0.4) is 0 Å². The van der Waals surface area contributed by atoms with E-state index in [4.69, 9.17) is 14.2 Å². The van der Waals surface area contributed by atoms with Crippen molar-refractivity contribution in [3.8, 4) is 11.5 Å². The zero-order valence-electron chi connectivity index (χ0n) is 13.1. The number of para-hydroxylation sites is 1. The van der Waals surface area contributed by atoms with Crippen LogP contribution in [0.2, 0.25) is 0 Å². The molecule has 1 atom stereocenters. The van der Waals surface area contributed by atoms with Gasteiger partial charge in [0.1, 0.15) is 0 Å². The Morgan fingerprint density at radius 2 is 2.17 bits per heavy atom. The average Bonchev–Trinajstić information content (AvgIpc) is 3.30. The molecule has 1 saturated heterocycles. The van der Waals surface area contributed by atoms with Crippen LogP contribution in [0, 0.1) is 0 Å². The van der Waals surface area contributed by atoms with E-state index in [9.17, 15) is 0 Å². The van der Waals surface area contributed by atoms with E-state index in [0.29, 0.717) is 12.9 Å². The minimum absolute atomic E-state index is 0.322. The Morgan fingerprint density at radius 3 is 3.00 bits per heavy atom. The molecule has 4 nitrogen and oxygen atoms in total. The second kappa shape index (κ2) is 6.91. The molecule has 2 aliphatic rings. The van der Waals surface area contributed by atoms with Crippen LogP contribution < -0.4 is 9.47 Å². The number of thiophene rings is 1. The number of hydrogen-bond donors (Lipinski definition) is 0. The largest absolute Gasteiger partial charge is 0.454 e. The SMILES string of the molecule is c1cc(CN(Cc2ccsc2)CC2CCCO2)c2c(c1)OCO2. The van der Waals surface area contributed by atoms with Gasteiger partial charge in [-0.2, -0.15) is 11.3 Å². The molecule has 1 aromatic carbocycles. The highest BCUT2D eigenvalue weighted by atomic mass is 32.1. The first-order valence-corrected chi connectivity index (χ1v) is 9.05. The van der Waals surface area contributed by atoms with Crippen LogP contribution in [0.1, 0.15) is 24.0 Å². The molecule has 122 valence electrons. The second-order valence-electron chi connectivity index (χ2n) is 6.09. The Kier molecular flexibility index (Phi) is 4.50. The minimum atomic E-state index is 0.322.